The summed E-state index contributed by atoms with van der Waals surface area (Å²) >= 11 is 1.88. The Balaban J connectivity index is 1.41. The fourth-order valence-corrected chi connectivity index (χ4v) is 4.31. The maximum Gasteiger partial charge on any atom is 0.263 e. The Morgan fingerprint density at radius 3 is 2.37 bits per heavy atom. The quantitative estimate of drug-likeness (QED) is 0.658. The molecule has 1 fully saturated rings. The number of benzene rings is 2. The van der Waals surface area contributed by atoms with Crippen LogP contribution in [0, 0.1) is 5.92 Å². The standard InChI is InChI=1S/C22H27NO3S/c1-17(26-20-6-4-3-5-7-20)22(24)23-14-12-18(13-15-23)16-27-21-10-8-19(25-2)9-11-21/h3-11,17-18H,12-16H2,1-2H3/t17-/m1/s1. The summed E-state index contributed by atoms with van der Waals surface area (Å²) in [6.07, 6.45) is 1.65. The summed E-state index contributed by atoms with van der Waals surface area (Å²) in [6, 6.07) is 17.7. The number of para-hydroxylation sites is 1. The van der Waals surface area contributed by atoms with Crippen molar-refractivity contribution in [3.8, 4) is 11.5 Å². The lowest BCUT2D eigenvalue weighted by molar-refractivity contribution is -0.139. The fraction of sp³-hybridized carbons (Fsp3) is 0.409. The van der Waals surface area contributed by atoms with Gasteiger partial charge in [0.25, 0.3) is 5.91 Å². The van der Waals surface area contributed by atoms with Crippen LogP contribution >= 0.6 is 11.8 Å². The Bertz CT molecular complexity index is 712. The van der Waals surface area contributed by atoms with Crippen LogP contribution in [0.5, 0.6) is 11.5 Å². The Morgan fingerprint density at radius 2 is 1.74 bits per heavy atom. The molecule has 0 unspecified atom stereocenters. The summed E-state index contributed by atoms with van der Waals surface area (Å²) < 4.78 is 11.0. The van der Waals surface area contributed by atoms with Gasteiger partial charge in [0.05, 0.1) is 7.11 Å². The molecule has 5 heteroatoms. The minimum Gasteiger partial charge on any atom is -0.497 e. The number of piperidine rings is 1. The first-order valence-corrected chi connectivity index (χ1v) is 10.4. The minimum absolute atomic E-state index is 0.0834. The number of methoxy groups -OCH3 is 1. The Labute approximate surface area is 165 Å². The first-order valence-electron chi connectivity index (χ1n) is 9.43. The minimum atomic E-state index is -0.447. The first-order chi connectivity index (χ1) is 13.2. The van der Waals surface area contributed by atoms with E-state index in [0.29, 0.717) is 5.92 Å². The average molecular weight is 386 g/mol. The second-order valence-corrected chi connectivity index (χ2v) is 7.92. The number of carbonyl (C=O) groups is 1. The zero-order valence-corrected chi connectivity index (χ0v) is 16.8. The second kappa shape index (κ2) is 9.70. The smallest absolute Gasteiger partial charge is 0.263 e. The highest BCUT2D eigenvalue weighted by Gasteiger charge is 2.27. The second-order valence-electron chi connectivity index (χ2n) is 6.83. The van der Waals surface area contributed by atoms with Crippen molar-refractivity contribution < 1.29 is 14.3 Å². The van der Waals surface area contributed by atoms with Gasteiger partial charge >= 0.3 is 0 Å². The van der Waals surface area contributed by atoms with Gasteiger partial charge in [-0.1, -0.05) is 18.2 Å². The zero-order valence-electron chi connectivity index (χ0n) is 16.0. The third kappa shape index (κ3) is 5.67. The van der Waals surface area contributed by atoms with E-state index in [1.54, 1.807) is 7.11 Å². The normalized spacial score (nSPS) is 16.0. The van der Waals surface area contributed by atoms with Gasteiger partial charge in [-0.25, -0.2) is 0 Å². The van der Waals surface area contributed by atoms with E-state index in [9.17, 15) is 4.79 Å². The molecular formula is C22H27NO3S. The largest absolute Gasteiger partial charge is 0.497 e. The van der Waals surface area contributed by atoms with Crippen LogP contribution in [0.1, 0.15) is 19.8 Å². The van der Waals surface area contributed by atoms with E-state index in [4.69, 9.17) is 9.47 Å². The summed E-state index contributed by atoms with van der Waals surface area (Å²) in [7, 11) is 1.68. The van der Waals surface area contributed by atoms with E-state index in [2.05, 4.69) is 12.1 Å². The van der Waals surface area contributed by atoms with E-state index in [1.165, 1.54) is 4.90 Å². The Hall–Kier alpha value is -2.14. The fourth-order valence-electron chi connectivity index (χ4n) is 3.22. The average Bonchev–Trinajstić information content (AvgIpc) is 2.73. The number of hydrogen-bond acceptors (Lipinski definition) is 4. The van der Waals surface area contributed by atoms with Gasteiger partial charge in [0.15, 0.2) is 6.10 Å². The highest BCUT2D eigenvalue weighted by atomic mass is 32.2. The lowest BCUT2D eigenvalue weighted by atomic mass is 9.98. The van der Waals surface area contributed by atoms with Gasteiger partial charge in [-0.15, -0.1) is 11.8 Å². The maximum atomic E-state index is 12.6. The monoisotopic (exact) mass is 385 g/mol. The number of rotatable bonds is 7. The van der Waals surface area contributed by atoms with Crippen LogP contribution in [-0.4, -0.2) is 42.9 Å². The van der Waals surface area contributed by atoms with Gasteiger partial charge in [-0.05, 0) is 62.1 Å². The van der Waals surface area contributed by atoms with E-state index in [1.807, 2.05) is 66.1 Å². The topological polar surface area (TPSA) is 38.8 Å². The van der Waals surface area contributed by atoms with Crippen molar-refractivity contribution in [2.45, 2.75) is 30.8 Å². The molecule has 0 spiro atoms. The lowest BCUT2D eigenvalue weighted by Gasteiger charge is -2.33. The number of thioether (sulfide) groups is 1. The zero-order chi connectivity index (χ0) is 19.1. The Morgan fingerprint density at radius 1 is 1.07 bits per heavy atom. The van der Waals surface area contributed by atoms with Crippen LogP contribution in [0.4, 0.5) is 0 Å². The van der Waals surface area contributed by atoms with Gasteiger partial charge < -0.3 is 14.4 Å². The first kappa shape index (κ1) is 19.6. The van der Waals surface area contributed by atoms with Gasteiger partial charge in [-0.3, -0.25) is 4.79 Å². The molecule has 4 nitrogen and oxygen atoms in total. The number of nitrogens with zero attached hydrogens (tertiary/aromatic N) is 1. The molecule has 0 bridgehead atoms. The number of hydrogen-bond donors (Lipinski definition) is 0. The number of amides is 1. The molecule has 1 aliphatic rings. The van der Waals surface area contributed by atoms with Crippen molar-refractivity contribution in [3.05, 3.63) is 54.6 Å². The van der Waals surface area contributed by atoms with Crippen LogP contribution < -0.4 is 9.47 Å². The summed E-state index contributed by atoms with van der Waals surface area (Å²) in [5.41, 5.74) is 0. The summed E-state index contributed by atoms with van der Waals surface area (Å²) in [6.45, 7) is 3.46. The molecule has 1 heterocycles. The third-order valence-electron chi connectivity index (χ3n) is 4.88. The van der Waals surface area contributed by atoms with Crippen LogP contribution in [-0.2, 0) is 4.79 Å². The van der Waals surface area contributed by atoms with Crippen LogP contribution in [0.3, 0.4) is 0 Å². The lowest BCUT2D eigenvalue weighted by Crippen LogP contribution is -2.45. The third-order valence-corrected chi connectivity index (χ3v) is 6.12. The van der Waals surface area contributed by atoms with Gasteiger partial charge in [0, 0.05) is 23.7 Å². The molecule has 0 aromatic heterocycles. The summed E-state index contributed by atoms with van der Waals surface area (Å²) in [5, 5.41) is 0. The van der Waals surface area contributed by atoms with E-state index in [0.717, 1.165) is 43.2 Å². The molecule has 1 saturated heterocycles. The van der Waals surface area contributed by atoms with Crippen LogP contribution in [0.2, 0.25) is 0 Å². The van der Waals surface area contributed by atoms with Gasteiger partial charge in [0.1, 0.15) is 11.5 Å². The van der Waals surface area contributed by atoms with Crippen LogP contribution in [0.15, 0.2) is 59.5 Å². The van der Waals surface area contributed by atoms with E-state index >= 15 is 0 Å². The molecule has 1 atom stereocenters. The van der Waals surface area contributed by atoms with E-state index in [-0.39, 0.29) is 5.91 Å². The van der Waals surface area contributed by atoms with Crippen molar-refractivity contribution >= 4 is 17.7 Å². The number of carbonyl (C=O) groups excluding carboxylic acids is 1. The highest BCUT2D eigenvalue weighted by molar-refractivity contribution is 7.99. The van der Waals surface area contributed by atoms with Crippen molar-refractivity contribution in [1.29, 1.82) is 0 Å². The van der Waals surface area contributed by atoms with Gasteiger partial charge in [0.2, 0.25) is 0 Å². The molecule has 0 radical (unpaired) electrons. The molecule has 1 aliphatic heterocycles. The molecule has 3 rings (SSSR count). The van der Waals surface area contributed by atoms with Crippen molar-refractivity contribution in [2.24, 2.45) is 5.92 Å². The molecule has 0 aliphatic carbocycles. The summed E-state index contributed by atoms with van der Waals surface area (Å²) in [4.78, 5) is 15.8. The van der Waals surface area contributed by atoms with Crippen molar-refractivity contribution in [3.63, 3.8) is 0 Å². The maximum absolute atomic E-state index is 12.6. The van der Waals surface area contributed by atoms with Gasteiger partial charge in [-0.2, -0.15) is 0 Å². The molecule has 1 amide bonds. The van der Waals surface area contributed by atoms with E-state index < -0.39 is 6.10 Å². The molecule has 2 aromatic rings. The molecule has 27 heavy (non-hydrogen) atoms. The SMILES string of the molecule is COc1ccc(SCC2CCN(C(=O)[C@@H](C)Oc3ccccc3)CC2)cc1. The molecule has 144 valence electrons. The summed E-state index contributed by atoms with van der Waals surface area (Å²) in [5.74, 6) is 3.44. The highest BCUT2D eigenvalue weighted by Crippen LogP contribution is 2.28. The predicted octanol–water partition coefficient (Wildman–Crippen LogP) is 4.49. The molecule has 0 saturated carbocycles. The van der Waals surface area contributed by atoms with Crippen LogP contribution in [0.25, 0.3) is 0 Å². The molecule has 2 aromatic carbocycles. The number of likely N-dealkylation sites (tertiary alicyclic amines) is 1. The van der Waals surface area contributed by atoms with Crippen molar-refractivity contribution in [2.75, 3.05) is 26.0 Å². The molecular weight excluding hydrogens is 358 g/mol. The van der Waals surface area contributed by atoms with Crippen molar-refractivity contribution in [1.82, 2.24) is 4.90 Å². The Kier molecular flexibility index (Phi) is 7.04. The predicted molar refractivity (Wildman–Crippen MR) is 110 cm³/mol. The molecule has 0 N–H and O–H groups in total. The number of ether oxygens (including phenoxy) is 2.